The van der Waals surface area contributed by atoms with Crippen molar-refractivity contribution < 1.29 is 4.79 Å². The lowest BCUT2D eigenvalue weighted by molar-refractivity contribution is -0.117. The summed E-state index contributed by atoms with van der Waals surface area (Å²) in [5, 5.41) is 2.67. The van der Waals surface area contributed by atoms with Crippen molar-refractivity contribution in [3.8, 4) is 0 Å². The van der Waals surface area contributed by atoms with Crippen molar-refractivity contribution in [2.75, 3.05) is 16.8 Å². The predicted molar refractivity (Wildman–Crippen MR) is 85.6 cm³/mol. The van der Waals surface area contributed by atoms with Gasteiger partial charge < -0.3 is 16.0 Å². The van der Waals surface area contributed by atoms with Gasteiger partial charge in [-0.2, -0.15) is 0 Å². The molecule has 0 spiro atoms. The van der Waals surface area contributed by atoms with Gasteiger partial charge in [-0.3, -0.25) is 4.79 Å². The normalized spacial score (nSPS) is 11.8. The van der Waals surface area contributed by atoms with Crippen molar-refractivity contribution in [3.05, 3.63) is 48.7 Å². The number of anilines is 3. The number of nitrogens with two attached hydrogens (primary N) is 1. The zero-order valence-corrected chi connectivity index (χ0v) is 12.3. The van der Waals surface area contributed by atoms with E-state index in [1.54, 1.807) is 19.2 Å². The summed E-state index contributed by atoms with van der Waals surface area (Å²) in [5.74, 6) is 0.260. The predicted octanol–water partition coefficient (Wildman–Crippen LogP) is 2.53. The first-order chi connectivity index (χ1) is 10.1. The summed E-state index contributed by atoms with van der Waals surface area (Å²) in [6, 6.07) is 13.3. The molecule has 1 aromatic heterocycles. The Hall–Kier alpha value is -2.40. The minimum Gasteiger partial charge on any atom is -0.341 e. The molecule has 1 unspecified atom stereocenters. The number of benzene rings is 1. The molecule has 5 nitrogen and oxygen atoms in total. The van der Waals surface area contributed by atoms with Crippen molar-refractivity contribution in [1.82, 2.24) is 4.98 Å². The fourth-order valence-electron chi connectivity index (χ4n) is 1.98. The second kappa shape index (κ2) is 6.85. The van der Waals surface area contributed by atoms with Gasteiger partial charge in [-0.25, -0.2) is 4.98 Å². The van der Waals surface area contributed by atoms with Crippen LogP contribution < -0.4 is 16.0 Å². The van der Waals surface area contributed by atoms with Crippen LogP contribution in [0.4, 0.5) is 17.2 Å². The molecule has 2 rings (SSSR count). The van der Waals surface area contributed by atoms with Crippen molar-refractivity contribution in [1.29, 1.82) is 0 Å². The molecular weight excluding hydrogens is 264 g/mol. The number of amides is 1. The zero-order chi connectivity index (χ0) is 15.2. The summed E-state index contributed by atoms with van der Waals surface area (Å²) in [7, 11) is 0. The number of para-hydroxylation sites is 1. The van der Waals surface area contributed by atoms with Gasteiger partial charge in [0.15, 0.2) is 0 Å². The smallest absolute Gasteiger partial charge is 0.242 e. The van der Waals surface area contributed by atoms with Crippen LogP contribution in [0, 0.1) is 0 Å². The SMILES string of the molecule is CCN(c1ccccc1)c1ccc(NC(=O)C(C)N)nc1. The topological polar surface area (TPSA) is 71.2 Å². The van der Waals surface area contributed by atoms with Gasteiger partial charge in [-0.15, -0.1) is 0 Å². The quantitative estimate of drug-likeness (QED) is 0.885. The molecule has 21 heavy (non-hydrogen) atoms. The van der Waals surface area contributed by atoms with Gasteiger partial charge in [0.1, 0.15) is 5.82 Å². The Bertz CT molecular complexity index is 581. The van der Waals surface area contributed by atoms with Crippen molar-refractivity contribution in [3.63, 3.8) is 0 Å². The lowest BCUT2D eigenvalue weighted by Crippen LogP contribution is -2.32. The number of aromatic nitrogens is 1. The number of hydrogen-bond acceptors (Lipinski definition) is 4. The zero-order valence-electron chi connectivity index (χ0n) is 12.3. The number of carbonyl (C=O) groups is 1. The maximum absolute atomic E-state index is 11.5. The highest BCUT2D eigenvalue weighted by atomic mass is 16.2. The molecule has 0 aliphatic heterocycles. The van der Waals surface area contributed by atoms with Crippen LogP contribution in [0.5, 0.6) is 0 Å². The lowest BCUT2D eigenvalue weighted by atomic mass is 10.2. The standard InChI is InChI=1S/C16H20N4O/c1-3-20(13-7-5-4-6-8-13)14-9-10-15(18-11-14)19-16(21)12(2)17/h4-12H,3,17H2,1-2H3,(H,18,19,21). The molecule has 0 radical (unpaired) electrons. The Morgan fingerprint density at radius 2 is 1.95 bits per heavy atom. The Morgan fingerprint density at radius 1 is 1.24 bits per heavy atom. The van der Waals surface area contributed by atoms with E-state index < -0.39 is 6.04 Å². The van der Waals surface area contributed by atoms with Crippen LogP contribution in [-0.4, -0.2) is 23.5 Å². The van der Waals surface area contributed by atoms with Crippen molar-refractivity contribution in [2.24, 2.45) is 5.73 Å². The van der Waals surface area contributed by atoms with E-state index in [0.717, 1.165) is 17.9 Å². The number of nitrogens with one attached hydrogen (secondary N) is 1. The Kier molecular flexibility index (Phi) is 4.90. The molecule has 1 amide bonds. The Labute approximate surface area is 124 Å². The van der Waals surface area contributed by atoms with E-state index in [1.807, 2.05) is 24.3 Å². The molecule has 0 aliphatic rings. The molecule has 1 aromatic carbocycles. The monoisotopic (exact) mass is 284 g/mol. The maximum Gasteiger partial charge on any atom is 0.242 e. The molecule has 2 aromatic rings. The van der Waals surface area contributed by atoms with E-state index >= 15 is 0 Å². The summed E-state index contributed by atoms with van der Waals surface area (Å²) in [4.78, 5) is 17.9. The summed E-state index contributed by atoms with van der Waals surface area (Å²) >= 11 is 0. The molecule has 3 N–H and O–H groups in total. The fraction of sp³-hybridized carbons (Fsp3) is 0.250. The van der Waals surface area contributed by atoms with Gasteiger partial charge in [0.2, 0.25) is 5.91 Å². The van der Waals surface area contributed by atoms with Crippen molar-refractivity contribution >= 4 is 23.1 Å². The third-order valence-electron chi connectivity index (χ3n) is 3.11. The molecule has 1 atom stereocenters. The summed E-state index contributed by atoms with van der Waals surface area (Å²) < 4.78 is 0. The molecule has 1 heterocycles. The minimum atomic E-state index is -0.553. The lowest BCUT2D eigenvalue weighted by Gasteiger charge is -2.23. The van der Waals surface area contributed by atoms with Gasteiger partial charge >= 0.3 is 0 Å². The number of hydrogen-bond donors (Lipinski definition) is 2. The first kappa shape index (κ1) is 15.0. The molecule has 0 saturated heterocycles. The minimum absolute atomic E-state index is 0.245. The van der Waals surface area contributed by atoms with E-state index in [4.69, 9.17) is 5.73 Å². The molecule has 0 fully saturated rings. The van der Waals surface area contributed by atoms with Gasteiger partial charge in [0.05, 0.1) is 17.9 Å². The Balaban J connectivity index is 2.16. The highest BCUT2D eigenvalue weighted by molar-refractivity contribution is 5.93. The largest absolute Gasteiger partial charge is 0.341 e. The van der Waals surface area contributed by atoms with Crippen molar-refractivity contribution in [2.45, 2.75) is 19.9 Å². The first-order valence-corrected chi connectivity index (χ1v) is 6.97. The third-order valence-corrected chi connectivity index (χ3v) is 3.11. The number of nitrogens with zero attached hydrogens (tertiary/aromatic N) is 2. The molecule has 0 bridgehead atoms. The van der Waals surface area contributed by atoms with Crippen LogP contribution in [0.25, 0.3) is 0 Å². The van der Waals surface area contributed by atoms with Crippen LogP contribution >= 0.6 is 0 Å². The van der Waals surface area contributed by atoms with E-state index in [-0.39, 0.29) is 5.91 Å². The molecule has 0 aliphatic carbocycles. The molecule has 110 valence electrons. The number of carbonyl (C=O) groups excluding carboxylic acids is 1. The fourth-order valence-corrected chi connectivity index (χ4v) is 1.98. The summed E-state index contributed by atoms with van der Waals surface area (Å²) in [6.07, 6.45) is 1.74. The molecule has 0 saturated carbocycles. The van der Waals surface area contributed by atoms with E-state index in [2.05, 4.69) is 34.3 Å². The third kappa shape index (κ3) is 3.79. The summed E-state index contributed by atoms with van der Waals surface area (Å²) in [6.45, 7) is 4.55. The van der Waals surface area contributed by atoms with Gasteiger partial charge in [-0.05, 0) is 38.1 Å². The van der Waals surface area contributed by atoms with Crippen LogP contribution in [-0.2, 0) is 4.79 Å². The maximum atomic E-state index is 11.5. The number of rotatable bonds is 5. The van der Waals surface area contributed by atoms with Crippen LogP contribution in [0.1, 0.15) is 13.8 Å². The van der Waals surface area contributed by atoms with E-state index in [0.29, 0.717) is 5.82 Å². The van der Waals surface area contributed by atoms with Crippen LogP contribution in [0.2, 0.25) is 0 Å². The van der Waals surface area contributed by atoms with Crippen LogP contribution in [0.15, 0.2) is 48.7 Å². The van der Waals surface area contributed by atoms with Gasteiger partial charge in [0, 0.05) is 12.2 Å². The second-order valence-corrected chi connectivity index (χ2v) is 4.76. The highest BCUT2D eigenvalue weighted by Crippen LogP contribution is 2.24. The highest BCUT2D eigenvalue weighted by Gasteiger charge is 2.10. The average molecular weight is 284 g/mol. The molecule has 5 heteroatoms. The Morgan fingerprint density at radius 3 is 2.48 bits per heavy atom. The van der Waals surface area contributed by atoms with Gasteiger partial charge in [-0.1, -0.05) is 18.2 Å². The average Bonchev–Trinajstić information content (AvgIpc) is 2.50. The second-order valence-electron chi connectivity index (χ2n) is 4.76. The van der Waals surface area contributed by atoms with E-state index in [1.165, 1.54) is 0 Å². The van der Waals surface area contributed by atoms with Crippen LogP contribution in [0.3, 0.4) is 0 Å². The first-order valence-electron chi connectivity index (χ1n) is 6.97. The molecular formula is C16H20N4O. The van der Waals surface area contributed by atoms with Gasteiger partial charge in [0.25, 0.3) is 0 Å². The van der Waals surface area contributed by atoms with E-state index in [9.17, 15) is 4.79 Å². The summed E-state index contributed by atoms with van der Waals surface area (Å²) in [5.41, 5.74) is 7.59. The number of pyridine rings is 1.